The summed E-state index contributed by atoms with van der Waals surface area (Å²) in [7, 11) is 0. The van der Waals surface area contributed by atoms with Crippen LogP contribution in [-0.2, 0) is 11.2 Å². The van der Waals surface area contributed by atoms with E-state index in [0.717, 1.165) is 5.56 Å². The van der Waals surface area contributed by atoms with Crippen molar-refractivity contribution in [3.05, 3.63) is 35.9 Å². The second-order valence-electron chi connectivity index (χ2n) is 2.54. The van der Waals surface area contributed by atoms with Crippen LogP contribution in [0.25, 0.3) is 0 Å². The lowest BCUT2D eigenvalue weighted by atomic mass is 10.1. The molecular formula is C10H14O3. The predicted molar refractivity (Wildman–Crippen MR) is 50.5 cm³/mol. The van der Waals surface area contributed by atoms with Gasteiger partial charge in [-0.25, -0.2) is 4.79 Å². The highest BCUT2D eigenvalue weighted by molar-refractivity contribution is 5.72. The van der Waals surface area contributed by atoms with E-state index in [4.69, 9.17) is 10.2 Å². The van der Waals surface area contributed by atoms with Crippen molar-refractivity contribution < 1.29 is 15.0 Å². The molecule has 0 radical (unpaired) electrons. The van der Waals surface area contributed by atoms with Crippen LogP contribution in [0.1, 0.15) is 13.0 Å². The largest absolute Gasteiger partial charge is 0.479 e. The molecule has 72 valence electrons. The molecule has 0 spiro atoms. The van der Waals surface area contributed by atoms with E-state index in [1.165, 1.54) is 0 Å². The Labute approximate surface area is 77.6 Å². The SMILES string of the molecule is C.O=C(O)C(O)Cc1ccccc1. The molecule has 1 aromatic rings. The Morgan fingerprint density at radius 1 is 1.31 bits per heavy atom. The third kappa shape index (κ3) is 3.71. The first kappa shape index (κ1) is 11.6. The lowest BCUT2D eigenvalue weighted by Crippen LogP contribution is -2.21. The van der Waals surface area contributed by atoms with E-state index >= 15 is 0 Å². The fourth-order valence-corrected chi connectivity index (χ4v) is 0.925. The van der Waals surface area contributed by atoms with E-state index in [1.54, 1.807) is 12.1 Å². The first-order valence-corrected chi connectivity index (χ1v) is 3.65. The molecule has 3 nitrogen and oxygen atoms in total. The van der Waals surface area contributed by atoms with Gasteiger partial charge < -0.3 is 10.2 Å². The van der Waals surface area contributed by atoms with Crippen LogP contribution >= 0.6 is 0 Å². The van der Waals surface area contributed by atoms with Crippen LogP contribution in [0.3, 0.4) is 0 Å². The van der Waals surface area contributed by atoms with E-state index in [-0.39, 0.29) is 13.8 Å². The molecule has 1 unspecified atom stereocenters. The number of aliphatic hydroxyl groups is 1. The maximum atomic E-state index is 10.3. The van der Waals surface area contributed by atoms with Gasteiger partial charge in [0.05, 0.1) is 0 Å². The molecular weight excluding hydrogens is 168 g/mol. The average Bonchev–Trinajstić information content (AvgIpc) is 2.06. The molecule has 3 heteroatoms. The molecule has 0 aromatic heterocycles. The molecule has 0 fully saturated rings. The monoisotopic (exact) mass is 182 g/mol. The smallest absolute Gasteiger partial charge is 0.332 e. The topological polar surface area (TPSA) is 57.5 Å². The van der Waals surface area contributed by atoms with Gasteiger partial charge in [0.1, 0.15) is 0 Å². The number of carboxylic acid groups (broad SMARTS) is 1. The molecule has 1 rings (SSSR count). The minimum atomic E-state index is -1.30. The highest BCUT2D eigenvalue weighted by Crippen LogP contribution is 2.02. The van der Waals surface area contributed by atoms with Crippen LogP contribution in [0.2, 0.25) is 0 Å². The quantitative estimate of drug-likeness (QED) is 0.741. The van der Waals surface area contributed by atoms with E-state index in [0.29, 0.717) is 0 Å². The number of benzene rings is 1. The first-order chi connectivity index (χ1) is 5.70. The van der Waals surface area contributed by atoms with Gasteiger partial charge in [0.15, 0.2) is 6.10 Å². The molecule has 0 saturated heterocycles. The van der Waals surface area contributed by atoms with Gasteiger partial charge in [-0.1, -0.05) is 37.8 Å². The van der Waals surface area contributed by atoms with Gasteiger partial charge in [-0.3, -0.25) is 0 Å². The summed E-state index contributed by atoms with van der Waals surface area (Å²) in [6.07, 6.45) is -1.14. The Hall–Kier alpha value is -1.35. The van der Waals surface area contributed by atoms with Gasteiger partial charge in [0.2, 0.25) is 0 Å². The summed E-state index contributed by atoms with van der Waals surface area (Å²) >= 11 is 0. The summed E-state index contributed by atoms with van der Waals surface area (Å²) in [4.78, 5) is 10.3. The summed E-state index contributed by atoms with van der Waals surface area (Å²) < 4.78 is 0. The van der Waals surface area contributed by atoms with Gasteiger partial charge in [-0.2, -0.15) is 0 Å². The summed E-state index contributed by atoms with van der Waals surface area (Å²) in [5, 5.41) is 17.4. The zero-order valence-corrected chi connectivity index (χ0v) is 6.47. The van der Waals surface area contributed by atoms with Crippen molar-refractivity contribution in [2.45, 2.75) is 20.0 Å². The summed E-state index contributed by atoms with van der Waals surface area (Å²) in [6, 6.07) is 9.03. The van der Waals surface area contributed by atoms with Gasteiger partial charge in [0, 0.05) is 6.42 Å². The van der Waals surface area contributed by atoms with Crippen molar-refractivity contribution in [3.8, 4) is 0 Å². The summed E-state index contributed by atoms with van der Waals surface area (Å²) in [5.74, 6) is -1.18. The Balaban J connectivity index is 0.00000144. The number of aliphatic hydroxyl groups excluding tert-OH is 1. The van der Waals surface area contributed by atoms with Crippen molar-refractivity contribution in [2.75, 3.05) is 0 Å². The van der Waals surface area contributed by atoms with Crippen molar-refractivity contribution in [2.24, 2.45) is 0 Å². The summed E-state index contributed by atoms with van der Waals surface area (Å²) in [6.45, 7) is 0. The van der Waals surface area contributed by atoms with Crippen LogP contribution in [0, 0.1) is 0 Å². The molecule has 0 heterocycles. The fraction of sp³-hybridized carbons (Fsp3) is 0.300. The minimum Gasteiger partial charge on any atom is -0.479 e. The van der Waals surface area contributed by atoms with Crippen molar-refractivity contribution in [1.82, 2.24) is 0 Å². The minimum absolute atomic E-state index is 0. The van der Waals surface area contributed by atoms with Crippen LogP contribution < -0.4 is 0 Å². The van der Waals surface area contributed by atoms with Crippen LogP contribution in [-0.4, -0.2) is 22.3 Å². The van der Waals surface area contributed by atoms with Gasteiger partial charge in [-0.05, 0) is 5.56 Å². The standard InChI is InChI=1S/C9H10O3.CH4/c10-8(9(11)12)6-7-4-2-1-3-5-7;/h1-5,8,10H,6H2,(H,11,12);1H4. The van der Waals surface area contributed by atoms with E-state index in [9.17, 15) is 4.79 Å². The predicted octanol–water partition coefficient (Wildman–Crippen LogP) is 1.31. The number of aliphatic carboxylic acids is 1. The van der Waals surface area contributed by atoms with E-state index in [1.807, 2.05) is 18.2 Å². The summed E-state index contributed by atoms with van der Waals surface area (Å²) in [5.41, 5.74) is 0.826. The highest BCUT2D eigenvalue weighted by Gasteiger charge is 2.12. The van der Waals surface area contributed by atoms with Crippen LogP contribution in [0.15, 0.2) is 30.3 Å². The van der Waals surface area contributed by atoms with Crippen molar-refractivity contribution >= 4 is 5.97 Å². The van der Waals surface area contributed by atoms with Gasteiger partial charge in [0.25, 0.3) is 0 Å². The molecule has 0 amide bonds. The van der Waals surface area contributed by atoms with Crippen molar-refractivity contribution in [3.63, 3.8) is 0 Å². The zero-order valence-electron chi connectivity index (χ0n) is 6.47. The number of carboxylic acids is 1. The van der Waals surface area contributed by atoms with Crippen LogP contribution in [0.4, 0.5) is 0 Å². The third-order valence-electron chi connectivity index (χ3n) is 1.56. The Bertz CT molecular complexity index is 256. The van der Waals surface area contributed by atoms with E-state index in [2.05, 4.69) is 0 Å². The maximum absolute atomic E-state index is 10.3. The molecule has 0 aliphatic carbocycles. The Morgan fingerprint density at radius 3 is 2.31 bits per heavy atom. The van der Waals surface area contributed by atoms with Gasteiger partial charge >= 0.3 is 5.97 Å². The number of hydrogen-bond donors (Lipinski definition) is 2. The molecule has 0 bridgehead atoms. The second-order valence-corrected chi connectivity index (χ2v) is 2.54. The first-order valence-electron chi connectivity index (χ1n) is 3.65. The number of carbonyl (C=O) groups is 1. The molecule has 1 aromatic carbocycles. The molecule has 0 aliphatic heterocycles. The maximum Gasteiger partial charge on any atom is 0.332 e. The number of rotatable bonds is 3. The second kappa shape index (κ2) is 5.32. The molecule has 2 N–H and O–H groups in total. The third-order valence-corrected chi connectivity index (χ3v) is 1.56. The average molecular weight is 182 g/mol. The van der Waals surface area contributed by atoms with E-state index < -0.39 is 12.1 Å². The lowest BCUT2D eigenvalue weighted by molar-refractivity contribution is -0.146. The van der Waals surface area contributed by atoms with Gasteiger partial charge in [-0.15, -0.1) is 0 Å². The molecule has 1 atom stereocenters. The normalized spacial score (nSPS) is 11.5. The zero-order chi connectivity index (χ0) is 8.97. The lowest BCUT2D eigenvalue weighted by Gasteiger charge is -2.03. The van der Waals surface area contributed by atoms with Crippen molar-refractivity contribution in [1.29, 1.82) is 0 Å². The van der Waals surface area contributed by atoms with Crippen LogP contribution in [0.5, 0.6) is 0 Å². The Morgan fingerprint density at radius 2 is 1.85 bits per heavy atom. The fourth-order valence-electron chi connectivity index (χ4n) is 0.925. The highest BCUT2D eigenvalue weighted by atomic mass is 16.4. The number of hydrogen-bond acceptors (Lipinski definition) is 2. The Kier molecular flexibility index (Phi) is 4.77. The molecule has 0 aliphatic rings. The molecule has 13 heavy (non-hydrogen) atoms. The molecule has 0 saturated carbocycles.